The summed E-state index contributed by atoms with van der Waals surface area (Å²) in [5.74, 6) is -2.03. The molecular formula is C17H15F2N3O2. The largest absolute Gasteiger partial charge is 0.331 e. The minimum absolute atomic E-state index is 0.0729. The zero-order valence-electron chi connectivity index (χ0n) is 12.8. The van der Waals surface area contributed by atoms with E-state index in [9.17, 15) is 18.4 Å². The number of hydrogen-bond acceptors (Lipinski definition) is 3. The molecule has 1 saturated heterocycles. The van der Waals surface area contributed by atoms with Gasteiger partial charge in [0.15, 0.2) is 0 Å². The first-order chi connectivity index (χ1) is 11.5. The molecule has 124 valence electrons. The summed E-state index contributed by atoms with van der Waals surface area (Å²) in [6.07, 6.45) is 3.00. The van der Waals surface area contributed by atoms with Gasteiger partial charge in [0.05, 0.1) is 18.3 Å². The third-order valence-corrected chi connectivity index (χ3v) is 3.89. The van der Waals surface area contributed by atoms with Crippen molar-refractivity contribution in [1.82, 2.24) is 9.88 Å². The minimum atomic E-state index is -0.760. The summed E-state index contributed by atoms with van der Waals surface area (Å²) in [7, 11) is 0. The number of piperazine rings is 1. The van der Waals surface area contributed by atoms with Crippen molar-refractivity contribution in [2.24, 2.45) is 0 Å². The van der Waals surface area contributed by atoms with Crippen LogP contribution >= 0.6 is 0 Å². The van der Waals surface area contributed by atoms with Gasteiger partial charge in [0.25, 0.3) is 0 Å². The lowest BCUT2D eigenvalue weighted by Gasteiger charge is -2.34. The van der Waals surface area contributed by atoms with E-state index in [2.05, 4.69) is 4.98 Å². The fourth-order valence-electron chi connectivity index (χ4n) is 2.61. The number of rotatable bonds is 3. The molecule has 2 aromatic rings. The van der Waals surface area contributed by atoms with Crippen molar-refractivity contribution in [1.29, 1.82) is 0 Å². The standard InChI is InChI=1S/C17H15F2N3O2/c18-13-4-3-12(15(19)9-13)8-16(23)21-6-7-22(17(24)11-21)14-2-1-5-20-10-14/h1-5,9-10H,6-8,11H2. The van der Waals surface area contributed by atoms with E-state index in [1.807, 2.05) is 0 Å². The lowest BCUT2D eigenvalue weighted by Crippen LogP contribution is -2.52. The number of benzene rings is 1. The average Bonchev–Trinajstić information content (AvgIpc) is 2.58. The number of pyridine rings is 1. The number of carbonyl (C=O) groups excluding carboxylic acids is 2. The van der Waals surface area contributed by atoms with Crippen LogP contribution in [0.2, 0.25) is 0 Å². The van der Waals surface area contributed by atoms with Gasteiger partial charge >= 0.3 is 0 Å². The second-order valence-corrected chi connectivity index (χ2v) is 5.48. The number of amides is 2. The van der Waals surface area contributed by atoms with Gasteiger partial charge in [-0.25, -0.2) is 8.78 Å². The Morgan fingerprint density at radius 3 is 2.71 bits per heavy atom. The van der Waals surface area contributed by atoms with Gasteiger partial charge in [-0.1, -0.05) is 6.07 Å². The fourth-order valence-corrected chi connectivity index (χ4v) is 2.61. The Kier molecular flexibility index (Phi) is 4.50. The highest BCUT2D eigenvalue weighted by atomic mass is 19.1. The quantitative estimate of drug-likeness (QED) is 0.861. The van der Waals surface area contributed by atoms with E-state index in [1.165, 1.54) is 11.0 Å². The first-order valence-electron chi connectivity index (χ1n) is 7.46. The van der Waals surface area contributed by atoms with E-state index in [-0.39, 0.29) is 30.3 Å². The van der Waals surface area contributed by atoms with Gasteiger partial charge in [-0.2, -0.15) is 0 Å². The predicted octanol–water partition coefficient (Wildman–Crippen LogP) is 1.78. The summed E-state index contributed by atoms with van der Waals surface area (Å²) >= 11 is 0. The maximum absolute atomic E-state index is 13.6. The van der Waals surface area contributed by atoms with Crippen LogP contribution in [0.15, 0.2) is 42.7 Å². The summed E-state index contributed by atoms with van der Waals surface area (Å²) in [5.41, 5.74) is 0.794. The molecule has 1 aromatic carbocycles. The third-order valence-electron chi connectivity index (χ3n) is 3.89. The van der Waals surface area contributed by atoms with Crippen molar-refractivity contribution in [2.45, 2.75) is 6.42 Å². The Labute approximate surface area is 137 Å². The van der Waals surface area contributed by atoms with E-state index in [0.717, 1.165) is 12.1 Å². The zero-order valence-corrected chi connectivity index (χ0v) is 12.8. The summed E-state index contributed by atoms with van der Waals surface area (Å²) < 4.78 is 26.5. The van der Waals surface area contributed by atoms with E-state index in [4.69, 9.17) is 0 Å². The van der Waals surface area contributed by atoms with E-state index in [1.54, 1.807) is 29.4 Å². The SMILES string of the molecule is O=C(Cc1ccc(F)cc1F)N1CCN(c2cccnc2)C(=O)C1. The molecule has 7 heteroatoms. The highest BCUT2D eigenvalue weighted by molar-refractivity contribution is 5.98. The molecule has 1 aliphatic rings. The van der Waals surface area contributed by atoms with Crippen molar-refractivity contribution in [3.63, 3.8) is 0 Å². The topological polar surface area (TPSA) is 53.5 Å². The van der Waals surface area contributed by atoms with Crippen LogP contribution in [0.5, 0.6) is 0 Å². The Balaban J connectivity index is 1.65. The fraction of sp³-hybridized carbons (Fsp3) is 0.235. The maximum atomic E-state index is 13.6. The molecule has 1 fully saturated rings. The van der Waals surface area contributed by atoms with Gasteiger partial charge in [-0.15, -0.1) is 0 Å². The third kappa shape index (κ3) is 3.40. The zero-order chi connectivity index (χ0) is 17.1. The van der Waals surface area contributed by atoms with Crippen LogP contribution in [0.3, 0.4) is 0 Å². The molecule has 0 spiro atoms. The smallest absolute Gasteiger partial charge is 0.246 e. The van der Waals surface area contributed by atoms with Gasteiger partial charge in [-0.05, 0) is 23.8 Å². The lowest BCUT2D eigenvalue weighted by molar-refractivity contribution is -0.136. The second-order valence-electron chi connectivity index (χ2n) is 5.48. The Morgan fingerprint density at radius 1 is 1.21 bits per heavy atom. The average molecular weight is 331 g/mol. The summed E-state index contributed by atoms with van der Waals surface area (Å²) in [6.45, 7) is 0.626. The van der Waals surface area contributed by atoms with Crippen LogP contribution in [0.4, 0.5) is 14.5 Å². The summed E-state index contributed by atoms with van der Waals surface area (Å²) in [4.78, 5) is 31.5. The first kappa shape index (κ1) is 16.0. The highest BCUT2D eigenvalue weighted by Gasteiger charge is 2.28. The Morgan fingerprint density at radius 2 is 2.04 bits per heavy atom. The molecule has 1 aliphatic heterocycles. The Bertz CT molecular complexity index is 768. The number of halogens is 2. The van der Waals surface area contributed by atoms with Crippen LogP contribution in [0.1, 0.15) is 5.56 Å². The van der Waals surface area contributed by atoms with Crippen LogP contribution in [-0.2, 0) is 16.0 Å². The molecule has 2 amide bonds. The number of anilines is 1. The summed E-state index contributed by atoms with van der Waals surface area (Å²) in [5, 5.41) is 0. The maximum Gasteiger partial charge on any atom is 0.246 e. The van der Waals surface area contributed by atoms with E-state index < -0.39 is 11.6 Å². The number of carbonyl (C=O) groups is 2. The van der Waals surface area contributed by atoms with Crippen LogP contribution in [-0.4, -0.2) is 41.3 Å². The molecule has 0 atom stereocenters. The van der Waals surface area contributed by atoms with Crippen LogP contribution in [0, 0.1) is 11.6 Å². The molecule has 3 rings (SSSR count). The normalized spacial score (nSPS) is 14.8. The molecule has 5 nitrogen and oxygen atoms in total. The van der Waals surface area contributed by atoms with Crippen molar-refractivity contribution in [3.05, 3.63) is 59.9 Å². The molecule has 0 radical (unpaired) electrons. The van der Waals surface area contributed by atoms with E-state index >= 15 is 0 Å². The first-order valence-corrected chi connectivity index (χ1v) is 7.46. The molecule has 0 bridgehead atoms. The number of nitrogens with zero attached hydrogens (tertiary/aromatic N) is 3. The number of hydrogen-bond donors (Lipinski definition) is 0. The minimum Gasteiger partial charge on any atom is -0.331 e. The molecule has 0 unspecified atom stereocenters. The molecule has 24 heavy (non-hydrogen) atoms. The highest BCUT2D eigenvalue weighted by Crippen LogP contribution is 2.17. The van der Waals surface area contributed by atoms with Gasteiger partial charge < -0.3 is 9.80 Å². The molecule has 0 N–H and O–H groups in total. The van der Waals surface area contributed by atoms with Crippen molar-refractivity contribution < 1.29 is 18.4 Å². The van der Waals surface area contributed by atoms with Crippen LogP contribution < -0.4 is 4.90 Å². The molecule has 0 saturated carbocycles. The van der Waals surface area contributed by atoms with Gasteiger partial charge in [0.1, 0.15) is 18.2 Å². The Hall–Kier alpha value is -2.83. The lowest BCUT2D eigenvalue weighted by atomic mass is 10.1. The van der Waals surface area contributed by atoms with Crippen molar-refractivity contribution in [3.8, 4) is 0 Å². The predicted molar refractivity (Wildman–Crippen MR) is 83.2 cm³/mol. The number of aromatic nitrogens is 1. The summed E-state index contributed by atoms with van der Waals surface area (Å²) in [6, 6.07) is 6.61. The van der Waals surface area contributed by atoms with Crippen LogP contribution in [0.25, 0.3) is 0 Å². The van der Waals surface area contributed by atoms with Gasteiger partial charge in [-0.3, -0.25) is 14.6 Å². The molecule has 1 aromatic heterocycles. The van der Waals surface area contributed by atoms with Crippen molar-refractivity contribution >= 4 is 17.5 Å². The molecular weight excluding hydrogens is 316 g/mol. The van der Waals surface area contributed by atoms with Gasteiger partial charge in [0.2, 0.25) is 11.8 Å². The second kappa shape index (κ2) is 6.74. The van der Waals surface area contributed by atoms with Crippen molar-refractivity contribution in [2.75, 3.05) is 24.5 Å². The molecule has 2 heterocycles. The van der Waals surface area contributed by atoms with E-state index in [0.29, 0.717) is 18.8 Å². The van der Waals surface area contributed by atoms with Gasteiger partial charge in [0, 0.05) is 25.4 Å². The monoisotopic (exact) mass is 331 g/mol. The molecule has 0 aliphatic carbocycles.